The van der Waals surface area contributed by atoms with Crippen LogP contribution in [0.1, 0.15) is 0 Å². The third kappa shape index (κ3) is 3.73. The van der Waals surface area contributed by atoms with Crippen molar-refractivity contribution in [3.05, 3.63) is 60.7 Å². The Balaban J connectivity index is 2.69. The topological polar surface area (TPSA) is 12.4 Å². The summed E-state index contributed by atoms with van der Waals surface area (Å²) in [5.41, 5.74) is 0. The van der Waals surface area contributed by atoms with Crippen LogP contribution < -0.4 is 10.6 Å². The summed E-state index contributed by atoms with van der Waals surface area (Å²) < 4.78 is 4.86. The number of nitrogens with zero attached hydrogens (tertiary/aromatic N) is 1. The molecule has 2 aromatic carbocycles. The molecule has 2 aromatic rings. The Kier molecular flexibility index (Phi) is 4.57. The van der Waals surface area contributed by atoms with Gasteiger partial charge in [-0.25, -0.2) is 0 Å². The van der Waals surface area contributed by atoms with Crippen LogP contribution in [0.5, 0.6) is 0 Å². The predicted octanol–water partition coefficient (Wildman–Crippen LogP) is 4.51. The van der Waals surface area contributed by atoms with Crippen LogP contribution in [0.4, 0.5) is 0 Å². The van der Waals surface area contributed by atoms with Gasteiger partial charge in [0.15, 0.2) is 0 Å². The number of hydrogen-bond donors (Lipinski definition) is 0. The lowest BCUT2D eigenvalue weighted by atomic mass is 10.4. The molecule has 100 valence electrons. The fraction of sp³-hybridized carbons (Fsp3) is 0.143. The summed E-state index contributed by atoms with van der Waals surface area (Å²) in [5.74, 6) is 0. The lowest BCUT2D eigenvalue weighted by Crippen LogP contribution is -2.20. The number of benzene rings is 2. The highest BCUT2D eigenvalue weighted by Gasteiger charge is 2.27. The van der Waals surface area contributed by atoms with Gasteiger partial charge in [-0.2, -0.15) is 0 Å². The Morgan fingerprint density at radius 3 is 1.53 bits per heavy atom. The Hall–Kier alpha value is -0.533. The van der Waals surface area contributed by atoms with Gasteiger partial charge in [0.25, 0.3) is 0 Å². The molecule has 0 aromatic heterocycles. The van der Waals surface area contributed by atoms with Crippen molar-refractivity contribution in [3.8, 4) is 0 Å². The van der Waals surface area contributed by atoms with Gasteiger partial charge in [0, 0.05) is 7.05 Å². The molecular formula is C14H16Cl2NPSi. The first-order valence-corrected chi connectivity index (χ1v) is 12.7. The van der Waals surface area contributed by atoms with Gasteiger partial charge in [-0.1, -0.05) is 60.7 Å². The van der Waals surface area contributed by atoms with E-state index in [-0.39, 0.29) is 0 Å². The number of hydrogen-bond acceptors (Lipinski definition) is 1. The summed E-state index contributed by atoms with van der Waals surface area (Å²) in [6.45, 7) is 1.48. The smallest absolute Gasteiger partial charge is 0.297 e. The standard InChI is InChI=1S/C14H16Cl2NPSi/c1-18(17-19(2,15)16,13-9-5-3-6-10-13)14-11-7-4-8-12-14/h3-12H,1-2H3. The molecule has 0 aliphatic carbocycles. The van der Waals surface area contributed by atoms with Crippen molar-refractivity contribution in [2.24, 2.45) is 4.41 Å². The van der Waals surface area contributed by atoms with Crippen LogP contribution in [-0.2, 0) is 0 Å². The van der Waals surface area contributed by atoms with E-state index in [1.165, 1.54) is 10.6 Å². The minimum absolute atomic E-state index is 1.21. The molecule has 0 bridgehead atoms. The molecular weight excluding hydrogens is 312 g/mol. The lowest BCUT2D eigenvalue weighted by Gasteiger charge is -2.24. The fourth-order valence-electron chi connectivity index (χ4n) is 2.05. The van der Waals surface area contributed by atoms with Crippen LogP contribution >= 0.6 is 29.2 Å². The van der Waals surface area contributed by atoms with Crippen LogP contribution in [0.2, 0.25) is 6.55 Å². The molecule has 19 heavy (non-hydrogen) atoms. The van der Waals surface area contributed by atoms with E-state index in [1.54, 1.807) is 0 Å². The summed E-state index contributed by atoms with van der Waals surface area (Å²) in [4.78, 5) is 0. The van der Waals surface area contributed by atoms with Gasteiger partial charge in [-0.3, -0.25) is 4.41 Å². The molecule has 0 heterocycles. The summed E-state index contributed by atoms with van der Waals surface area (Å²) in [7, 11) is -1.87. The second-order valence-electron chi connectivity index (χ2n) is 4.57. The van der Waals surface area contributed by atoms with Crippen LogP contribution in [0, 0.1) is 0 Å². The fourth-order valence-corrected chi connectivity index (χ4v) is 10.3. The monoisotopic (exact) mass is 327 g/mol. The maximum absolute atomic E-state index is 6.28. The predicted molar refractivity (Wildman–Crippen MR) is 90.7 cm³/mol. The van der Waals surface area contributed by atoms with Crippen LogP contribution in [0.25, 0.3) is 0 Å². The summed E-state index contributed by atoms with van der Waals surface area (Å²) in [5, 5.41) is 2.42. The lowest BCUT2D eigenvalue weighted by molar-refractivity contribution is 1.71. The molecule has 0 saturated carbocycles. The maximum Gasteiger partial charge on any atom is 0.366 e. The largest absolute Gasteiger partial charge is 0.366 e. The van der Waals surface area contributed by atoms with E-state index < -0.39 is 13.9 Å². The van der Waals surface area contributed by atoms with E-state index in [0.29, 0.717) is 0 Å². The average Bonchev–Trinajstić information content (AvgIpc) is 2.39. The van der Waals surface area contributed by atoms with Crippen molar-refractivity contribution in [2.75, 3.05) is 6.66 Å². The highest BCUT2D eigenvalue weighted by atomic mass is 35.7. The van der Waals surface area contributed by atoms with E-state index in [0.717, 1.165) is 0 Å². The molecule has 0 radical (unpaired) electrons. The first kappa shape index (κ1) is 14.9. The first-order chi connectivity index (χ1) is 8.92. The quantitative estimate of drug-likeness (QED) is 0.446. The van der Waals surface area contributed by atoms with Crippen LogP contribution in [0.15, 0.2) is 65.1 Å². The number of halogens is 2. The van der Waals surface area contributed by atoms with Crippen molar-refractivity contribution in [1.82, 2.24) is 0 Å². The van der Waals surface area contributed by atoms with E-state index in [9.17, 15) is 0 Å². The molecule has 5 heteroatoms. The summed E-state index contributed by atoms with van der Waals surface area (Å²) >= 11 is 12.6. The van der Waals surface area contributed by atoms with Gasteiger partial charge in [0.05, 0.1) is 0 Å². The van der Waals surface area contributed by atoms with Crippen molar-refractivity contribution >= 4 is 46.7 Å². The molecule has 0 amide bonds. The van der Waals surface area contributed by atoms with E-state index in [1.807, 2.05) is 42.9 Å². The molecule has 0 saturated heterocycles. The third-order valence-corrected chi connectivity index (χ3v) is 9.87. The van der Waals surface area contributed by atoms with Crippen LogP contribution in [-0.4, -0.2) is 13.5 Å². The molecule has 0 unspecified atom stereocenters. The third-order valence-electron chi connectivity index (χ3n) is 2.89. The van der Waals surface area contributed by atoms with Gasteiger partial charge < -0.3 is 0 Å². The highest BCUT2D eigenvalue weighted by Crippen LogP contribution is 2.46. The van der Waals surface area contributed by atoms with Gasteiger partial charge in [0.1, 0.15) is 0 Å². The second kappa shape index (κ2) is 5.84. The molecule has 0 aliphatic rings. The molecule has 0 spiro atoms. The molecule has 2 rings (SSSR count). The summed E-state index contributed by atoms with van der Waals surface area (Å²) in [6.07, 6.45) is 0. The van der Waals surface area contributed by atoms with Gasteiger partial charge in [0.2, 0.25) is 0 Å². The van der Waals surface area contributed by atoms with Crippen molar-refractivity contribution < 1.29 is 0 Å². The molecule has 0 fully saturated rings. The Bertz CT molecular complexity index is 550. The Labute approximate surface area is 125 Å². The highest BCUT2D eigenvalue weighted by molar-refractivity contribution is 7.82. The zero-order valence-electron chi connectivity index (χ0n) is 10.9. The zero-order chi connectivity index (χ0) is 13.9. The van der Waals surface area contributed by atoms with Crippen molar-refractivity contribution in [1.29, 1.82) is 0 Å². The van der Waals surface area contributed by atoms with Crippen molar-refractivity contribution in [2.45, 2.75) is 6.55 Å². The van der Waals surface area contributed by atoms with Gasteiger partial charge in [-0.15, -0.1) is 22.2 Å². The molecule has 0 N–H and O–H groups in total. The molecule has 0 aliphatic heterocycles. The SMILES string of the molecule is C[Si](Cl)(Cl)N=P(C)(c1ccccc1)c1ccccc1. The Morgan fingerprint density at radius 2 is 1.21 bits per heavy atom. The van der Waals surface area contributed by atoms with E-state index >= 15 is 0 Å². The summed E-state index contributed by atoms with van der Waals surface area (Å²) in [6, 6.07) is 20.6. The van der Waals surface area contributed by atoms with Crippen LogP contribution in [0.3, 0.4) is 0 Å². The van der Waals surface area contributed by atoms with Gasteiger partial charge in [-0.05, 0) is 23.8 Å². The molecule has 1 nitrogen and oxygen atoms in total. The Morgan fingerprint density at radius 1 is 0.842 bits per heavy atom. The van der Waals surface area contributed by atoms with E-state index in [2.05, 4.69) is 30.9 Å². The van der Waals surface area contributed by atoms with Crippen molar-refractivity contribution in [3.63, 3.8) is 0 Å². The minimum atomic E-state index is -2.54. The van der Waals surface area contributed by atoms with E-state index in [4.69, 9.17) is 26.6 Å². The normalized spacial score (nSPS) is 12.2. The maximum atomic E-state index is 6.28. The second-order valence-corrected chi connectivity index (χ2v) is 15.0. The first-order valence-electron chi connectivity index (χ1n) is 6.02. The zero-order valence-corrected chi connectivity index (χ0v) is 14.3. The molecule has 0 atom stereocenters. The average molecular weight is 328 g/mol. The van der Waals surface area contributed by atoms with Gasteiger partial charge >= 0.3 is 6.86 Å². The number of rotatable bonds is 3. The minimum Gasteiger partial charge on any atom is -0.297 e.